The Balaban J connectivity index is 1.67. The Bertz CT molecular complexity index is 563. The molecule has 1 aromatic rings. The van der Waals surface area contributed by atoms with Crippen LogP contribution in [0.2, 0.25) is 0 Å². The summed E-state index contributed by atoms with van der Waals surface area (Å²) in [6.45, 7) is 2.59. The van der Waals surface area contributed by atoms with Crippen molar-refractivity contribution in [1.29, 1.82) is 0 Å². The number of nitrogens with one attached hydrogen (secondary N) is 1. The highest BCUT2D eigenvalue weighted by atomic mass is 16.2. The lowest BCUT2D eigenvalue weighted by molar-refractivity contribution is -0.121. The molecule has 0 radical (unpaired) electrons. The molecule has 3 amide bonds. The second kappa shape index (κ2) is 9.21. The van der Waals surface area contributed by atoms with Gasteiger partial charge in [0.15, 0.2) is 0 Å². The molecule has 130 valence electrons. The number of carbonyl (C=O) groups excluding carboxylic acids is 3. The molecular weight excluding hydrogens is 304 g/mol. The van der Waals surface area contributed by atoms with Crippen LogP contribution in [-0.2, 0) is 4.79 Å². The summed E-state index contributed by atoms with van der Waals surface area (Å²) in [4.78, 5) is 37.3. The minimum atomic E-state index is -0.387. The minimum Gasteiger partial charge on any atom is -0.355 e. The zero-order valence-corrected chi connectivity index (χ0v) is 14.3. The first kappa shape index (κ1) is 18.2. The largest absolute Gasteiger partial charge is 0.355 e. The van der Waals surface area contributed by atoms with Gasteiger partial charge in [-0.3, -0.25) is 19.3 Å². The Morgan fingerprint density at radius 1 is 0.917 bits per heavy atom. The van der Waals surface area contributed by atoms with Gasteiger partial charge < -0.3 is 5.32 Å². The van der Waals surface area contributed by atoms with Crippen molar-refractivity contribution in [2.24, 2.45) is 0 Å². The van der Waals surface area contributed by atoms with Crippen molar-refractivity contribution in [1.82, 2.24) is 10.2 Å². The van der Waals surface area contributed by atoms with Crippen LogP contribution in [0, 0.1) is 0 Å². The van der Waals surface area contributed by atoms with Gasteiger partial charge in [0, 0.05) is 6.54 Å². The third-order valence-corrected chi connectivity index (χ3v) is 4.28. The molecule has 1 aromatic carbocycles. The van der Waals surface area contributed by atoms with Gasteiger partial charge in [0.2, 0.25) is 5.91 Å². The average Bonchev–Trinajstić information content (AvgIpc) is 2.83. The molecule has 5 heteroatoms. The van der Waals surface area contributed by atoms with Gasteiger partial charge in [0.25, 0.3) is 11.8 Å². The highest BCUT2D eigenvalue weighted by Gasteiger charge is 2.36. The second-order valence-electron chi connectivity index (χ2n) is 6.21. The van der Waals surface area contributed by atoms with Crippen LogP contribution in [0.4, 0.5) is 0 Å². The van der Waals surface area contributed by atoms with Crippen molar-refractivity contribution < 1.29 is 14.4 Å². The molecule has 0 bridgehead atoms. The first-order valence-corrected chi connectivity index (χ1v) is 8.87. The summed E-state index contributed by atoms with van der Waals surface area (Å²) in [5.74, 6) is -1.06. The van der Waals surface area contributed by atoms with Gasteiger partial charge >= 0.3 is 0 Å². The number of unbranched alkanes of at least 4 members (excludes halogenated alkanes) is 6. The quantitative estimate of drug-likeness (QED) is 0.529. The number of fused-ring (bicyclic) bond motifs is 1. The predicted molar refractivity (Wildman–Crippen MR) is 92.8 cm³/mol. The Morgan fingerprint density at radius 3 is 2.04 bits per heavy atom. The van der Waals surface area contributed by atoms with Gasteiger partial charge in [-0.05, 0) is 18.6 Å². The molecule has 0 saturated carbocycles. The first-order valence-electron chi connectivity index (χ1n) is 8.87. The van der Waals surface area contributed by atoms with Crippen LogP contribution < -0.4 is 5.32 Å². The molecule has 1 aliphatic heterocycles. The van der Waals surface area contributed by atoms with Crippen LogP contribution in [0.5, 0.6) is 0 Å². The highest BCUT2D eigenvalue weighted by Crippen LogP contribution is 2.21. The molecule has 2 rings (SSSR count). The van der Waals surface area contributed by atoms with Crippen molar-refractivity contribution in [3.8, 4) is 0 Å². The Hall–Kier alpha value is -2.17. The molecule has 1 N–H and O–H groups in total. The minimum absolute atomic E-state index is 0.206. The Kier molecular flexibility index (Phi) is 6.97. The number of rotatable bonds is 10. The van der Waals surface area contributed by atoms with E-state index in [9.17, 15) is 14.4 Å². The Labute approximate surface area is 143 Å². The van der Waals surface area contributed by atoms with Crippen molar-refractivity contribution in [2.45, 2.75) is 51.9 Å². The monoisotopic (exact) mass is 330 g/mol. The number of nitrogens with zero attached hydrogens (tertiary/aromatic N) is 1. The fraction of sp³-hybridized carbons (Fsp3) is 0.526. The smallest absolute Gasteiger partial charge is 0.262 e. The molecule has 0 unspecified atom stereocenters. The predicted octanol–water partition coefficient (Wildman–Crippen LogP) is 3.15. The zero-order chi connectivity index (χ0) is 17.4. The standard InChI is InChI=1S/C19H26N2O3/c1-2-3-4-5-6-7-10-13-20-17(22)14-21-18(23)15-11-8-9-12-16(15)19(21)24/h8-9,11-12H,2-7,10,13-14H2,1H3,(H,20,22). The van der Waals surface area contributed by atoms with E-state index < -0.39 is 0 Å². The average molecular weight is 330 g/mol. The van der Waals surface area contributed by atoms with Gasteiger partial charge in [-0.15, -0.1) is 0 Å². The molecule has 0 atom stereocenters. The van der Waals surface area contributed by atoms with E-state index in [2.05, 4.69) is 12.2 Å². The maximum Gasteiger partial charge on any atom is 0.262 e. The lowest BCUT2D eigenvalue weighted by atomic mass is 10.1. The summed E-state index contributed by atoms with van der Waals surface area (Å²) in [5.41, 5.74) is 0.754. The number of amides is 3. The van der Waals surface area contributed by atoms with E-state index in [0.717, 1.165) is 17.7 Å². The van der Waals surface area contributed by atoms with Crippen molar-refractivity contribution in [2.75, 3.05) is 13.1 Å². The molecule has 0 spiro atoms. The zero-order valence-electron chi connectivity index (χ0n) is 14.3. The number of benzene rings is 1. The fourth-order valence-electron chi connectivity index (χ4n) is 2.89. The van der Waals surface area contributed by atoms with Gasteiger partial charge in [-0.2, -0.15) is 0 Å². The molecule has 0 aliphatic carbocycles. The summed E-state index contributed by atoms with van der Waals surface area (Å²) in [6, 6.07) is 6.67. The third kappa shape index (κ3) is 4.66. The summed E-state index contributed by atoms with van der Waals surface area (Å²) in [5, 5.41) is 2.79. The maximum absolute atomic E-state index is 12.2. The number of hydrogen-bond acceptors (Lipinski definition) is 3. The molecule has 0 aromatic heterocycles. The summed E-state index contributed by atoms with van der Waals surface area (Å²) >= 11 is 0. The van der Waals surface area contributed by atoms with E-state index in [1.54, 1.807) is 24.3 Å². The van der Waals surface area contributed by atoms with Crippen LogP contribution >= 0.6 is 0 Å². The molecule has 1 heterocycles. The first-order chi connectivity index (χ1) is 11.6. The van der Waals surface area contributed by atoms with E-state index in [0.29, 0.717) is 17.7 Å². The van der Waals surface area contributed by atoms with Gasteiger partial charge in [0.05, 0.1) is 11.1 Å². The van der Waals surface area contributed by atoms with E-state index in [4.69, 9.17) is 0 Å². The van der Waals surface area contributed by atoms with Crippen LogP contribution in [0.1, 0.15) is 72.6 Å². The molecule has 24 heavy (non-hydrogen) atoms. The molecule has 0 fully saturated rings. The second-order valence-corrected chi connectivity index (χ2v) is 6.21. The fourth-order valence-corrected chi connectivity index (χ4v) is 2.89. The van der Waals surface area contributed by atoms with E-state index in [1.807, 2.05) is 0 Å². The van der Waals surface area contributed by atoms with Crippen LogP contribution in [0.25, 0.3) is 0 Å². The Morgan fingerprint density at radius 2 is 1.46 bits per heavy atom. The van der Waals surface area contributed by atoms with Crippen molar-refractivity contribution >= 4 is 17.7 Å². The summed E-state index contributed by atoms with van der Waals surface area (Å²) in [7, 11) is 0. The normalized spacial score (nSPS) is 13.3. The van der Waals surface area contributed by atoms with Crippen molar-refractivity contribution in [3.05, 3.63) is 35.4 Å². The van der Waals surface area contributed by atoms with Gasteiger partial charge in [-0.1, -0.05) is 57.6 Å². The summed E-state index contributed by atoms with van der Waals surface area (Å²) in [6.07, 6.45) is 8.27. The third-order valence-electron chi connectivity index (χ3n) is 4.28. The van der Waals surface area contributed by atoms with E-state index in [-0.39, 0.29) is 24.3 Å². The van der Waals surface area contributed by atoms with Crippen LogP contribution in [0.15, 0.2) is 24.3 Å². The molecular formula is C19H26N2O3. The lowest BCUT2D eigenvalue weighted by Crippen LogP contribution is -2.40. The lowest BCUT2D eigenvalue weighted by Gasteiger charge is -2.13. The van der Waals surface area contributed by atoms with Gasteiger partial charge in [-0.25, -0.2) is 0 Å². The van der Waals surface area contributed by atoms with Crippen molar-refractivity contribution in [3.63, 3.8) is 0 Å². The molecule has 1 aliphatic rings. The van der Waals surface area contributed by atoms with E-state index in [1.165, 1.54) is 32.1 Å². The van der Waals surface area contributed by atoms with Crippen LogP contribution in [-0.4, -0.2) is 35.7 Å². The summed E-state index contributed by atoms with van der Waals surface area (Å²) < 4.78 is 0. The highest BCUT2D eigenvalue weighted by molar-refractivity contribution is 6.22. The van der Waals surface area contributed by atoms with Crippen LogP contribution in [0.3, 0.4) is 0 Å². The van der Waals surface area contributed by atoms with Gasteiger partial charge in [0.1, 0.15) is 6.54 Å². The maximum atomic E-state index is 12.2. The number of carbonyl (C=O) groups is 3. The van der Waals surface area contributed by atoms with E-state index >= 15 is 0 Å². The number of imide groups is 1. The topological polar surface area (TPSA) is 66.5 Å². The molecule has 0 saturated heterocycles. The number of hydrogen-bond donors (Lipinski definition) is 1. The SMILES string of the molecule is CCCCCCCCCNC(=O)CN1C(=O)c2ccccc2C1=O. The molecule has 5 nitrogen and oxygen atoms in total.